The number of thiophene rings is 1. The summed E-state index contributed by atoms with van der Waals surface area (Å²) in [6, 6.07) is 4.84. The molecule has 0 spiro atoms. The fourth-order valence-electron chi connectivity index (χ4n) is 1.67. The SMILES string of the molecule is c1csc(CCOc2nc(CNC3CC3)co2)c1. The van der Waals surface area contributed by atoms with Crippen LogP contribution in [0.15, 0.2) is 28.2 Å². The molecule has 3 rings (SSSR count). The van der Waals surface area contributed by atoms with Crippen molar-refractivity contribution in [2.75, 3.05) is 6.61 Å². The van der Waals surface area contributed by atoms with Gasteiger partial charge in [0.05, 0.1) is 12.3 Å². The molecule has 4 nitrogen and oxygen atoms in total. The molecule has 1 saturated carbocycles. The second kappa shape index (κ2) is 5.54. The average molecular weight is 264 g/mol. The molecule has 18 heavy (non-hydrogen) atoms. The Kier molecular flexibility index (Phi) is 3.61. The van der Waals surface area contributed by atoms with E-state index in [0.29, 0.717) is 18.7 Å². The van der Waals surface area contributed by atoms with Crippen LogP contribution >= 0.6 is 11.3 Å². The predicted molar refractivity (Wildman–Crippen MR) is 69.9 cm³/mol. The third kappa shape index (κ3) is 3.34. The number of nitrogens with one attached hydrogen (secondary N) is 1. The first kappa shape index (κ1) is 11.7. The average Bonchev–Trinajstić information content (AvgIpc) is 2.89. The van der Waals surface area contributed by atoms with Gasteiger partial charge in [0.1, 0.15) is 6.26 Å². The summed E-state index contributed by atoms with van der Waals surface area (Å²) in [5.74, 6) is 0. The van der Waals surface area contributed by atoms with Gasteiger partial charge in [-0.1, -0.05) is 6.07 Å². The van der Waals surface area contributed by atoms with Crippen LogP contribution in [0.4, 0.5) is 0 Å². The van der Waals surface area contributed by atoms with Crippen LogP contribution in [0.3, 0.4) is 0 Å². The maximum atomic E-state index is 5.48. The van der Waals surface area contributed by atoms with Gasteiger partial charge in [0, 0.05) is 23.9 Å². The molecule has 1 aliphatic rings. The molecule has 2 aromatic heterocycles. The number of nitrogens with zero attached hydrogens (tertiary/aromatic N) is 1. The van der Waals surface area contributed by atoms with E-state index in [4.69, 9.17) is 9.15 Å². The molecular weight excluding hydrogens is 248 g/mol. The van der Waals surface area contributed by atoms with Crippen LogP contribution in [0.5, 0.6) is 6.08 Å². The molecular formula is C13H16N2O2S. The van der Waals surface area contributed by atoms with Crippen molar-refractivity contribution in [1.82, 2.24) is 10.3 Å². The Morgan fingerprint density at radius 1 is 1.50 bits per heavy atom. The van der Waals surface area contributed by atoms with E-state index in [1.54, 1.807) is 17.6 Å². The van der Waals surface area contributed by atoms with E-state index in [9.17, 15) is 0 Å². The maximum absolute atomic E-state index is 5.48. The van der Waals surface area contributed by atoms with Crippen LogP contribution in [-0.2, 0) is 13.0 Å². The highest BCUT2D eigenvalue weighted by Crippen LogP contribution is 2.19. The first-order valence-corrected chi connectivity index (χ1v) is 7.11. The van der Waals surface area contributed by atoms with Gasteiger partial charge in [-0.25, -0.2) is 0 Å². The molecule has 0 atom stereocenters. The van der Waals surface area contributed by atoms with Crippen molar-refractivity contribution >= 4 is 11.3 Å². The molecule has 0 aromatic carbocycles. The van der Waals surface area contributed by atoms with Gasteiger partial charge in [0.25, 0.3) is 0 Å². The molecule has 0 saturated heterocycles. The van der Waals surface area contributed by atoms with Gasteiger partial charge in [0.15, 0.2) is 0 Å². The molecule has 96 valence electrons. The highest BCUT2D eigenvalue weighted by Gasteiger charge is 2.20. The van der Waals surface area contributed by atoms with Crippen molar-refractivity contribution in [1.29, 1.82) is 0 Å². The smallest absolute Gasteiger partial charge is 0.393 e. The summed E-state index contributed by atoms with van der Waals surface area (Å²) in [5.41, 5.74) is 0.910. The minimum Gasteiger partial charge on any atom is -0.450 e. The fraction of sp³-hybridized carbons (Fsp3) is 0.462. The predicted octanol–water partition coefficient (Wildman–Crippen LogP) is 2.61. The van der Waals surface area contributed by atoms with Gasteiger partial charge in [-0.3, -0.25) is 0 Å². The summed E-state index contributed by atoms with van der Waals surface area (Å²) in [7, 11) is 0. The summed E-state index contributed by atoms with van der Waals surface area (Å²) in [5, 5.41) is 5.46. The van der Waals surface area contributed by atoms with Crippen LogP contribution in [0.2, 0.25) is 0 Å². The Balaban J connectivity index is 1.41. The maximum Gasteiger partial charge on any atom is 0.393 e. The lowest BCUT2D eigenvalue weighted by Crippen LogP contribution is -2.15. The molecule has 2 aromatic rings. The number of hydrogen-bond acceptors (Lipinski definition) is 5. The van der Waals surface area contributed by atoms with Crippen molar-refractivity contribution in [3.63, 3.8) is 0 Å². The molecule has 0 radical (unpaired) electrons. The first-order valence-electron chi connectivity index (χ1n) is 6.23. The Labute approximate surface area is 110 Å². The Hall–Kier alpha value is -1.33. The highest BCUT2D eigenvalue weighted by molar-refractivity contribution is 7.09. The molecule has 1 N–H and O–H groups in total. The number of ether oxygens (including phenoxy) is 1. The molecule has 5 heteroatoms. The van der Waals surface area contributed by atoms with E-state index in [0.717, 1.165) is 18.7 Å². The van der Waals surface area contributed by atoms with E-state index < -0.39 is 0 Å². The van der Waals surface area contributed by atoms with E-state index in [2.05, 4.69) is 21.7 Å². The number of hydrogen-bond donors (Lipinski definition) is 1. The quantitative estimate of drug-likeness (QED) is 0.835. The van der Waals surface area contributed by atoms with Crippen LogP contribution in [-0.4, -0.2) is 17.6 Å². The Morgan fingerprint density at radius 2 is 2.44 bits per heavy atom. The normalized spacial score (nSPS) is 14.9. The summed E-state index contributed by atoms with van der Waals surface area (Å²) in [4.78, 5) is 5.60. The fourth-order valence-corrected chi connectivity index (χ4v) is 2.36. The molecule has 1 fully saturated rings. The number of rotatable bonds is 7. The minimum atomic E-state index is 0.374. The summed E-state index contributed by atoms with van der Waals surface area (Å²) < 4.78 is 10.8. The van der Waals surface area contributed by atoms with Gasteiger partial charge in [-0.15, -0.1) is 11.3 Å². The zero-order valence-electron chi connectivity index (χ0n) is 10.1. The van der Waals surface area contributed by atoms with Gasteiger partial charge >= 0.3 is 6.08 Å². The standard InChI is InChI=1S/C13H16N2O2S/c1-2-12(18-7-1)5-6-16-13-15-11(9-17-13)8-14-10-3-4-10/h1-2,7,9-10,14H,3-6,8H2. The zero-order valence-corrected chi connectivity index (χ0v) is 10.9. The second-order valence-electron chi connectivity index (χ2n) is 4.44. The Bertz CT molecular complexity index is 477. The molecule has 0 amide bonds. The zero-order chi connectivity index (χ0) is 12.2. The lowest BCUT2D eigenvalue weighted by atomic mass is 10.4. The summed E-state index contributed by atoms with van der Waals surface area (Å²) in [6.07, 6.45) is 5.49. The van der Waals surface area contributed by atoms with E-state index in [1.807, 2.05) is 6.07 Å². The minimum absolute atomic E-state index is 0.374. The largest absolute Gasteiger partial charge is 0.450 e. The van der Waals surface area contributed by atoms with Crippen molar-refractivity contribution in [3.05, 3.63) is 34.3 Å². The second-order valence-corrected chi connectivity index (χ2v) is 5.47. The monoisotopic (exact) mass is 264 g/mol. The highest BCUT2D eigenvalue weighted by atomic mass is 32.1. The molecule has 1 aliphatic carbocycles. The van der Waals surface area contributed by atoms with Crippen LogP contribution in [0, 0.1) is 0 Å². The van der Waals surface area contributed by atoms with Crippen LogP contribution in [0.25, 0.3) is 0 Å². The molecule has 2 heterocycles. The Morgan fingerprint density at radius 3 is 3.22 bits per heavy atom. The van der Waals surface area contributed by atoms with Gasteiger partial charge in [-0.2, -0.15) is 4.98 Å². The molecule has 0 bridgehead atoms. The van der Waals surface area contributed by atoms with Gasteiger partial charge < -0.3 is 14.5 Å². The van der Waals surface area contributed by atoms with Crippen molar-refractivity contribution < 1.29 is 9.15 Å². The lowest BCUT2D eigenvalue weighted by Gasteiger charge is -1.99. The third-order valence-corrected chi connectivity index (χ3v) is 3.77. The molecule has 0 aliphatic heterocycles. The van der Waals surface area contributed by atoms with Crippen molar-refractivity contribution in [2.45, 2.75) is 31.8 Å². The lowest BCUT2D eigenvalue weighted by molar-refractivity contribution is 0.234. The number of aromatic nitrogens is 1. The number of oxazole rings is 1. The van der Waals surface area contributed by atoms with Crippen LogP contribution < -0.4 is 10.1 Å². The van der Waals surface area contributed by atoms with E-state index in [-0.39, 0.29) is 0 Å². The summed E-state index contributed by atoms with van der Waals surface area (Å²) >= 11 is 1.74. The first-order chi connectivity index (χ1) is 8.90. The van der Waals surface area contributed by atoms with Gasteiger partial charge in [-0.05, 0) is 24.3 Å². The summed E-state index contributed by atoms with van der Waals surface area (Å²) in [6.45, 7) is 1.37. The van der Waals surface area contributed by atoms with Crippen molar-refractivity contribution in [3.8, 4) is 6.08 Å². The third-order valence-electron chi connectivity index (χ3n) is 2.83. The van der Waals surface area contributed by atoms with E-state index >= 15 is 0 Å². The van der Waals surface area contributed by atoms with Crippen molar-refractivity contribution in [2.24, 2.45) is 0 Å². The topological polar surface area (TPSA) is 47.3 Å². The van der Waals surface area contributed by atoms with E-state index in [1.165, 1.54) is 17.7 Å². The van der Waals surface area contributed by atoms with Gasteiger partial charge in [0.2, 0.25) is 0 Å². The molecule has 0 unspecified atom stereocenters. The van der Waals surface area contributed by atoms with Crippen LogP contribution in [0.1, 0.15) is 23.4 Å².